The van der Waals surface area contributed by atoms with E-state index in [1.54, 1.807) is 0 Å². The summed E-state index contributed by atoms with van der Waals surface area (Å²) in [5.41, 5.74) is 0.934. The second-order valence-corrected chi connectivity index (χ2v) is 13.3. The van der Waals surface area contributed by atoms with Gasteiger partial charge in [-0.15, -0.1) is 6.42 Å². The van der Waals surface area contributed by atoms with Crippen LogP contribution in [0.1, 0.15) is 112 Å². The Kier molecular flexibility index (Phi) is 7.12. The van der Waals surface area contributed by atoms with E-state index >= 15 is 0 Å². The fourth-order valence-corrected chi connectivity index (χ4v) is 9.54. The van der Waals surface area contributed by atoms with Crippen molar-refractivity contribution in [3.05, 3.63) is 0 Å². The number of terminal acetylenes is 1. The molecule has 1 N–H and O–H groups in total. The lowest BCUT2D eigenvalue weighted by Crippen LogP contribution is -2.56. The number of hydrogen-bond acceptors (Lipinski definition) is 2. The van der Waals surface area contributed by atoms with Gasteiger partial charge in [0, 0.05) is 12.8 Å². The molecule has 9 atom stereocenters. The molecule has 0 spiro atoms. The quantitative estimate of drug-likeness (QED) is 0.328. The van der Waals surface area contributed by atoms with Gasteiger partial charge in [0.25, 0.3) is 0 Å². The third-order valence-electron chi connectivity index (χ3n) is 11.3. The van der Waals surface area contributed by atoms with E-state index in [9.17, 15) is 5.11 Å². The summed E-state index contributed by atoms with van der Waals surface area (Å²) < 4.78 is 5.74. The van der Waals surface area contributed by atoms with Crippen LogP contribution in [-0.2, 0) is 4.74 Å². The van der Waals surface area contributed by atoms with Crippen molar-refractivity contribution in [2.45, 2.75) is 117 Å². The molecule has 0 aromatic rings. The van der Waals surface area contributed by atoms with E-state index in [1.165, 1.54) is 57.8 Å². The van der Waals surface area contributed by atoms with Crippen LogP contribution in [0.2, 0.25) is 0 Å². The van der Waals surface area contributed by atoms with Gasteiger partial charge in [-0.2, -0.15) is 0 Å². The Hall–Kier alpha value is -0.520. The molecule has 1 unspecified atom stereocenters. The van der Waals surface area contributed by atoms with Gasteiger partial charge in [-0.1, -0.05) is 59.8 Å². The van der Waals surface area contributed by atoms with E-state index in [-0.39, 0.29) is 6.61 Å². The zero-order valence-electron chi connectivity index (χ0n) is 21.7. The highest BCUT2D eigenvalue weighted by Gasteiger charge is 2.61. The Morgan fingerprint density at radius 1 is 0.938 bits per heavy atom. The van der Waals surface area contributed by atoms with E-state index in [0.717, 1.165) is 54.8 Å². The lowest BCUT2D eigenvalue weighted by atomic mass is 9.44. The number of fused-ring (bicyclic) bond motifs is 5. The molecule has 0 radical (unpaired) electrons. The fourth-order valence-electron chi connectivity index (χ4n) is 9.54. The molecule has 32 heavy (non-hydrogen) atoms. The average Bonchev–Trinajstić information content (AvgIpc) is 3.10. The van der Waals surface area contributed by atoms with E-state index in [1.807, 2.05) is 0 Å². The van der Waals surface area contributed by atoms with Gasteiger partial charge in [0.2, 0.25) is 0 Å². The van der Waals surface area contributed by atoms with Gasteiger partial charge in [-0.05, 0) is 97.2 Å². The van der Waals surface area contributed by atoms with Crippen LogP contribution in [0, 0.1) is 64.6 Å². The summed E-state index contributed by atoms with van der Waals surface area (Å²) >= 11 is 0. The summed E-state index contributed by atoms with van der Waals surface area (Å²) in [6.07, 6.45) is 20.6. The van der Waals surface area contributed by atoms with Crippen LogP contribution in [0.5, 0.6) is 0 Å². The van der Waals surface area contributed by atoms with Crippen LogP contribution in [-0.4, -0.2) is 17.5 Å². The van der Waals surface area contributed by atoms with Gasteiger partial charge in [0.05, 0.1) is 0 Å². The Morgan fingerprint density at radius 3 is 2.41 bits per heavy atom. The molecule has 4 aliphatic carbocycles. The molecule has 0 aliphatic heterocycles. The van der Waals surface area contributed by atoms with Crippen LogP contribution >= 0.6 is 0 Å². The average molecular weight is 443 g/mol. The van der Waals surface area contributed by atoms with E-state index in [4.69, 9.17) is 11.2 Å². The summed E-state index contributed by atoms with van der Waals surface area (Å²) in [6, 6.07) is 0. The standard InChI is InChI=1S/C30H50O2/c1-7-19-32-30(31)18-17-28(5)23(20-30)11-12-24-26-14-13-25(22(4)10-8-9-21(2)3)29(26,6)16-15-27(24)28/h1,21-27,31H,8-20H2,2-6H3/t22-,23?,24+,25-,26+,27+,28+,29-,30+/m1/s1. The molecule has 0 saturated heterocycles. The molecule has 0 bridgehead atoms. The molecule has 2 heteroatoms. The van der Waals surface area contributed by atoms with Crippen molar-refractivity contribution in [1.82, 2.24) is 0 Å². The number of ether oxygens (including phenoxy) is 1. The van der Waals surface area contributed by atoms with Crippen LogP contribution in [0.4, 0.5) is 0 Å². The molecule has 0 amide bonds. The summed E-state index contributed by atoms with van der Waals surface area (Å²) in [5.74, 6) is 7.45. The van der Waals surface area contributed by atoms with Crippen molar-refractivity contribution in [2.75, 3.05) is 6.61 Å². The van der Waals surface area contributed by atoms with Crippen molar-refractivity contribution < 1.29 is 9.84 Å². The first-order chi connectivity index (χ1) is 15.1. The SMILES string of the molecule is C#CCO[C@@]1(O)CC[C@@]2(C)C(CC[C@H]3[C@@H]4CC[C@H]([C@H](C)CCCC(C)C)[C@@]4(C)CC[C@@H]32)C1. The zero-order chi connectivity index (χ0) is 23.1. The van der Waals surface area contributed by atoms with Crippen molar-refractivity contribution in [3.63, 3.8) is 0 Å². The van der Waals surface area contributed by atoms with Crippen LogP contribution in [0.15, 0.2) is 0 Å². The first-order valence-corrected chi connectivity index (χ1v) is 13.9. The molecule has 4 rings (SSSR count). The third-order valence-corrected chi connectivity index (χ3v) is 11.3. The molecular formula is C30H50O2. The Balaban J connectivity index is 1.44. The van der Waals surface area contributed by atoms with Gasteiger partial charge in [-0.3, -0.25) is 0 Å². The minimum Gasteiger partial charge on any atom is -0.365 e. The Labute approximate surface area is 198 Å². The molecule has 0 aromatic carbocycles. The van der Waals surface area contributed by atoms with E-state index in [0.29, 0.717) is 16.7 Å². The van der Waals surface area contributed by atoms with Crippen molar-refractivity contribution in [3.8, 4) is 12.3 Å². The van der Waals surface area contributed by atoms with Crippen LogP contribution in [0.25, 0.3) is 0 Å². The highest BCUT2D eigenvalue weighted by atomic mass is 16.6. The molecule has 0 heterocycles. The van der Waals surface area contributed by atoms with Crippen molar-refractivity contribution in [1.29, 1.82) is 0 Å². The molecule has 4 aliphatic rings. The minimum absolute atomic E-state index is 0.225. The second kappa shape index (κ2) is 9.26. The summed E-state index contributed by atoms with van der Waals surface area (Å²) in [7, 11) is 0. The van der Waals surface area contributed by atoms with Gasteiger partial charge < -0.3 is 9.84 Å². The molecule has 2 nitrogen and oxygen atoms in total. The number of hydrogen-bond donors (Lipinski definition) is 1. The Morgan fingerprint density at radius 2 is 1.69 bits per heavy atom. The first kappa shape index (κ1) is 24.6. The highest BCUT2D eigenvalue weighted by molar-refractivity contribution is 5.10. The minimum atomic E-state index is -0.990. The smallest absolute Gasteiger partial charge is 0.167 e. The topological polar surface area (TPSA) is 29.5 Å². The first-order valence-electron chi connectivity index (χ1n) is 13.9. The maximum Gasteiger partial charge on any atom is 0.167 e. The third kappa shape index (κ3) is 4.31. The molecular weight excluding hydrogens is 392 g/mol. The monoisotopic (exact) mass is 442 g/mol. The van der Waals surface area contributed by atoms with Gasteiger partial charge in [0.15, 0.2) is 5.79 Å². The van der Waals surface area contributed by atoms with E-state index in [2.05, 4.69) is 40.5 Å². The molecule has 4 saturated carbocycles. The summed E-state index contributed by atoms with van der Waals surface area (Å²) in [6.45, 7) is 12.8. The molecule has 4 fully saturated rings. The maximum atomic E-state index is 11.0. The number of aliphatic hydroxyl groups is 1. The lowest BCUT2D eigenvalue weighted by molar-refractivity contribution is -0.254. The second-order valence-electron chi connectivity index (χ2n) is 13.3. The highest BCUT2D eigenvalue weighted by Crippen LogP contribution is 2.69. The zero-order valence-corrected chi connectivity index (χ0v) is 21.7. The molecule has 182 valence electrons. The maximum absolute atomic E-state index is 11.0. The predicted octanol–water partition coefficient (Wildman–Crippen LogP) is 7.45. The van der Waals surface area contributed by atoms with E-state index < -0.39 is 5.79 Å². The summed E-state index contributed by atoms with van der Waals surface area (Å²) in [5, 5.41) is 11.0. The van der Waals surface area contributed by atoms with Gasteiger partial charge >= 0.3 is 0 Å². The van der Waals surface area contributed by atoms with Crippen molar-refractivity contribution >= 4 is 0 Å². The normalized spacial score (nSPS) is 46.8. The van der Waals surface area contributed by atoms with Crippen molar-refractivity contribution in [2.24, 2.45) is 52.3 Å². The summed E-state index contributed by atoms with van der Waals surface area (Å²) in [4.78, 5) is 0. The Bertz CT molecular complexity index is 693. The van der Waals surface area contributed by atoms with Crippen LogP contribution in [0.3, 0.4) is 0 Å². The molecule has 0 aromatic heterocycles. The largest absolute Gasteiger partial charge is 0.365 e. The predicted molar refractivity (Wildman–Crippen MR) is 133 cm³/mol. The van der Waals surface area contributed by atoms with Crippen LogP contribution < -0.4 is 0 Å². The van der Waals surface area contributed by atoms with Gasteiger partial charge in [-0.25, -0.2) is 0 Å². The fraction of sp³-hybridized carbons (Fsp3) is 0.933. The lowest BCUT2D eigenvalue weighted by Gasteiger charge is -2.62. The number of rotatable bonds is 7. The van der Waals surface area contributed by atoms with Gasteiger partial charge in [0.1, 0.15) is 6.61 Å².